The maximum absolute atomic E-state index is 12.6. The van der Waals surface area contributed by atoms with E-state index < -0.39 is 0 Å². The third kappa shape index (κ3) is 1.92. The number of benzene rings is 1. The van der Waals surface area contributed by atoms with Gasteiger partial charge in [0.25, 0.3) is 0 Å². The van der Waals surface area contributed by atoms with Gasteiger partial charge in [-0.2, -0.15) is 0 Å². The first kappa shape index (κ1) is 12.6. The number of aromatic hydroxyl groups is 1. The second kappa shape index (κ2) is 4.94. The largest absolute Gasteiger partial charge is 0.496 e. The molecule has 0 radical (unpaired) electrons. The van der Waals surface area contributed by atoms with Gasteiger partial charge in [-0.15, -0.1) is 11.3 Å². The standard InChI is InChI=1S/C15H11NO3S/c1-19-11-5-4-10-9(6-7-16-15(10)18)13(11)14(17)12-3-2-8-20-12/h2-8H,1H3,(H,16,18). The molecule has 2 heterocycles. The van der Waals surface area contributed by atoms with Gasteiger partial charge in [0.05, 0.1) is 17.6 Å². The Morgan fingerprint density at radius 1 is 1.25 bits per heavy atom. The minimum atomic E-state index is -0.118. The Kier molecular flexibility index (Phi) is 3.12. The van der Waals surface area contributed by atoms with Gasteiger partial charge in [0.2, 0.25) is 11.7 Å². The third-order valence-electron chi connectivity index (χ3n) is 3.08. The summed E-state index contributed by atoms with van der Waals surface area (Å²) < 4.78 is 5.29. The van der Waals surface area contributed by atoms with E-state index in [9.17, 15) is 9.90 Å². The van der Waals surface area contributed by atoms with Crippen molar-refractivity contribution in [2.24, 2.45) is 0 Å². The van der Waals surface area contributed by atoms with Gasteiger partial charge in [-0.25, -0.2) is 4.98 Å². The number of carbonyl (C=O) groups is 1. The molecule has 1 aromatic carbocycles. The zero-order valence-corrected chi connectivity index (χ0v) is 11.5. The van der Waals surface area contributed by atoms with Crippen molar-refractivity contribution in [3.63, 3.8) is 0 Å². The molecule has 4 nitrogen and oxygen atoms in total. The molecular weight excluding hydrogens is 274 g/mol. The Hall–Kier alpha value is -2.40. The molecular formula is C15H11NO3S. The predicted octanol–water partition coefficient (Wildman–Crippen LogP) is 3.24. The quantitative estimate of drug-likeness (QED) is 0.750. The van der Waals surface area contributed by atoms with E-state index in [0.717, 1.165) is 0 Å². The van der Waals surface area contributed by atoms with Crippen LogP contribution >= 0.6 is 11.3 Å². The van der Waals surface area contributed by atoms with Gasteiger partial charge in [-0.05, 0) is 29.6 Å². The van der Waals surface area contributed by atoms with Crippen LogP contribution < -0.4 is 4.74 Å². The van der Waals surface area contributed by atoms with E-state index in [2.05, 4.69) is 4.98 Å². The maximum Gasteiger partial charge on any atom is 0.218 e. The number of methoxy groups -OCH3 is 1. The summed E-state index contributed by atoms with van der Waals surface area (Å²) in [5, 5.41) is 12.8. The summed E-state index contributed by atoms with van der Waals surface area (Å²) in [4.78, 5) is 17.1. The fourth-order valence-corrected chi connectivity index (χ4v) is 2.82. The van der Waals surface area contributed by atoms with Crippen LogP contribution in [-0.2, 0) is 0 Å². The molecule has 100 valence electrons. The fraction of sp³-hybridized carbons (Fsp3) is 0.0667. The Morgan fingerprint density at radius 3 is 2.80 bits per heavy atom. The Bertz CT molecular complexity index is 781. The average Bonchev–Trinajstić information content (AvgIpc) is 3.00. The third-order valence-corrected chi connectivity index (χ3v) is 3.95. The SMILES string of the molecule is COc1ccc2c(O)nccc2c1C(=O)c1cccs1. The number of pyridine rings is 1. The average molecular weight is 285 g/mol. The van der Waals surface area contributed by atoms with Crippen LogP contribution in [0.2, 0.25) is 0 Å². The van der Waals surface area contributed by atoms with E-state index in [1.807, 2.05) is 11.4 Å². The number of thiophene rings is 1. The molecule has 0 amide bonds. The highest BCUT2D eigenvalue weighted by Gasteiger charge is 2.20. The molecule has 0 atom stereocenters. The summed E-state index contributed by atoms with van der Waals surface area (Å²) in [6.07, 6.45) is 1.47. The van der Waals surface area contributed by atoms with E-state index >= 15 is 0 Å². The van der Waals surface area contributed by atoms with Crippen LogP contribution in [0, 0.1) is 0 Å². The molecule has 3 rings (SSSR count). The molecule has 5 heteroatoms. The normalized spacial score (nSPS) is 10.7. The summed E-state index contributed by atoms with van der Waals surface area (Å²) in [5.74, 6) is 0.278. The number of carbonyl (C=O) groups excluding carboxylic acids is 1. The van der Waals surface area contributed by atoms with Crippen LogP contribution in [0.25, 0.3) is 10.8 Å². The number of hydrogen-bond acceptors (Lipinski definition) is 5. The summed E-state index contributed by atoms with van der Waals surface area (Å²) in [6, 6.07) is 8.67. The zero-order valence-electron chi connectivity index (χ0n) is 10.7. The first-order chi connectivity index (χ1) is 9.72. The molecule has 0 aliphatic heterocycles. The van der Waals surface area contributed by atoms with Gasteiger partial charge in [0, 0.05) is 17.0 Å². The molecule has 0 saturated heterocycles. The van der Waals surface area contributed by atoms with Crippen LogP contribution in [-0.4, -0.2) is 23.0 Å². The summed E-state index contributed by atoms with van der Waals surface area (Å²) >= 11 is 1.37. The van der Waals surface area contributed by atoms with Gasteiger partial charge < -0.3 is 9.84 Å². The summed E-state index contributed by atoms with van der Waals surface area (Å²) in [6.45, 7) is 0. The molecule has 0 aliphatic carbocycles. The first-order valence-electron chi connectivity index (χ1n) is 5.95. The lowest BCUT2D eigenvalue weighted by Crippen LogP contribution is -2.03. The summed E-state index contributed by atoms with van der Waals surface area (Å²) in [5.41, 5.74) is 0.449. The van der Waals surface area contributed by atoms with Gasteiger partial charge in [0.1, 0.15) is 5.75 Å². The second-order valence-electron chi connectivity index (χ2n) is 4.18. The predicted molar refractivity (Wildman–Crippen MR) is 77.7 cm³/mol. The lowest BCUT2D eigenvalue weighted by atomic mass is 10.0. The van der Waals surface area contributed by atoms with Crippen LogP contribution in [0.3, 0.4) is 0 Å². The monoisotopic (exact) mass is 285 g/mol. The minimum absolute atomic E-state index is 0.0922. The van der Waals surface area contributed by atoms with E-state index in [0.29, 0.717) is 27.0 Å². The van der Waals surface area contributed by atoms with Gasteiger partial charge in [-0.1, -0.05) is 6.07 Å². The van der Waals surface area contributed by atoms with Crippen molar-refractivity contribution in [1.29, 1.82) is 0 Å². The van der Waals surface area contributed by atoms with Crippen molar-refractivity contribution in [2.45, 2.75) is 0 Å². The number of fused-ring (bicyclic) bond motifs is 1. The van der Waals surface area contributed by atoms with Crippen molar-refractivity contribution < 1.29 is 14.6 Å². The Morgan fingerprint density at radius 2 is 2.10 bits per heavy atom. The van der Waals surface area contributed by atoms with E-state index in [1.54, 1.807) is 24.3 Å². The molecule has 20 heavy (non-hydrogen) atoms. The zero-order chi connectivity index (χ0) is 14.1. The molecule has 0 saturated carbocycles. The molecule has 0 bridgehead atoms. The number of ketones is 1. The fourth-order valence-electron chi connectivity index (χ4n) is 2.15. The number of ether oxygens (including phenoxy) is 1. The molecule has 0 fully saturated rings. The maximum atomic E-state index is 12.6. The molecule has 1 N–H and O–H groups in total. The van der Waals surface area contributed by atoms with Gasteiger partial charge in [-0.3, -0.25) is 4.79 Å². The minimum Gasteiger partial charge on any atom is -0.496 e. The summed E-state index contributed by atoms with van der Waals surface area (Å²) in [7, 11) is 1.52. The molecule has 0 spiro atoms. The van der Waals surface area contributed by atoms with Crippen molar-refractivity contribution in [1.82, 2.24) is 4.98 Å². The van der Waals surface area contributed by atoms with Crippen LogP contribution in [0.15, 0.2) is 41.9 Å². The van der Waals surface area contributed by atoms with Crippen molar-refractivity contribution in [3.8, 4) is 11.6 Å². The van der Waals surface area contributed by atoms with E-state index in [-0.39, 0.29) is 11.7 Å². The number of hydrogen-bond donors (Lipinski definition) is 1. The van der Waals surface area contributed by atoms with Crippen LogP contribution in [0.4, 0.5) is 0 Å². The highest BCUT2D eigenvalue weighted by molar-refractivity contribution is 7.12. The lowest BCUT2D eigenvalue weighted by Gasteiger charge is -2.10. The van der Waals surface area contributed by atoms with Crippen LogP contribution in [0.5, 0.6) is 11.6 Å². The van der Waals surface area contributed by atoms with Crippen molar-refractivity contribution in [3.05, 3.63) is 52.3 Å². The first-order valence-corrected chi connectivity index (χ1v) is 6.83. The molecule has 0 aliphatic rings. The van der Waals surface area contributed by atoms with Crippen LogP contribution in [0.1, 0.15) is 15.2 Å². The van der Waals surface area contributed by atoms with Gasteiger partial charge in [0.15, 0.2) is 0 Å². The lowest BCUT2D eigenvalue weighted by molar-refractivity contribution is 0.104. The highest BCUT2D eigenvalue weighted by atomic mass is 32.1. The smallest absolute Gasteiger partial charge is 0.218 e. The van der Waals surface area contributed by atoms with Crippen molar-refractivity contribution in [2.75, 3.05) is 7.11 Å². The van der Waals surface area contributed by atoms with E-state index in [4.69, 9.17) is 4.74 Å². The van der Waals surface area contributed by atoms with Gasteiger partial charge >= 0.3 is 0 Å². The Balaban J connectivity index is 2.32. The van der Waals surface area contributed by atoms with E-state index in [1.165, 1.54) is 24.6 Å². The highest BCUT2D eigenvalue weighted by Crippen LogP contribution is 2.33. The van der Waals surface area contributed by atoms with Crippen molar-refractivity contribution >= 4 is 27.9 Å². The Labute approximate surface area is 119 Å². The number of aromatic nitrogens is 1. The molecule has 0 unspecified atom stereocenters. The number of nitrogens with zero attached hydrogens (tertiary/aromatic N) is 1. The molecule has 2 aromatic heterocycles. The number of rotatable bonds is 3. The molecule has 3 aromatic rings. The second-order valence-corrected chi connectivity index (χ2v) is 5.13. The topological polar surface area (TPSA) is 59.4 Å².